The molecular weight excluding hydrogens is 519 g/mol. The van der Waals surface area contributed by atoms with Crippen molar-refractivity contribution in [1.82, 2.24) is 14.7 Å². The number of piperidine rings is 1. The third-order valence-corrected chi connectivity index (χ3v) is 9.87. The first kappa shape index (κ1) is 26.2. The molecule has 6 rings (SSSR count). The Morgan fingerprint density at radius 3 is 2.66 bits per heavy atom. The average Bonchev–Trinajstić information content (AvgIpc) is 3.22. The molecule has 204 valence electrons. The van der Waals surface area contributed by atoms with E-state index in [9.17, 15) is 5.11 Å². The third kappa shape index (κ3) is 4.90. The Balaban J connectivity index is 1.15. The molecule has 0 unspecified atom stereocenters. The summed E-state index contributed by atoms with van der Waals surface area (Å²) in [6.45, 7) is 9.14. The molecule has 0 spiro atoms. The van der Waals surface area contributed by atoms with Crippen LogP contribution in [-0.4, -0.2) is 58.6 Å². The molecule has 8 heteroatoms. The van der Waals surface area contributed by atoms with Crippen LogP contribution in [0.4, 0.5) is 5.69 Å². The van der Waals surface area contributed by atoms with Crippen LogP contribution in [0.3, 0.4) is 0 Å². The molecule has 3 aromatic rings. The lowest BCUT2D eigenvalue weighted by Crippen LogP contribution is -2.58. The van der Waals surface area contributed by atoms with Gasteiger partial charge in [0.2, 0.25) is 0 Å². The van der Waals surface area contributed by atoms with Crippen molar-refractivity contribution in [2.75, 3.05) is 37.7 Å². The Hall–Kier alpha value is -1.99. The van der Waals surface area contributed by atoms with E-state index in [2.05, 4.69) is 34.0 Å². The molecule has 38 heavy (non-hydrogen) atoms. The van der Waals surface area contributed by atoms with Gasteiger partial charge in [0.1, 0.15) is 11.9 Å². The number of rotatable bonds is 7. The first-order valence-electron chi connectivity index (χ1n) is 13.9. The number of aliphatic hydroxyl groups excluding tert-OH is 1. The van der Waals surface area contributed by atoms with Crippen molar-refractivity contribution in [3.63, 3.8) is 0 Å². The van der Waals surface area contributed by atoms with E-state index in [1.54, 1.807) is 6.07 Å². The van der Waals surface area contributed by atoms with E-state index in [1.165, 1.54) is 31.6 Å². The van der Waals surface area contributed by atoms with Crippen LogP contribution in [-0.2, 0) is 7.05 Å². The number of halogens is 2. The van der Waals surface area contributed by atoms with Gasteiger partial charge in [-0.05, 0) is 74.6 Å². The number of ether oxygens (including phenoxy) is 1. The molecule has 3 aliphatic rings. The Labute approximate surface area is 235 Å². The van der Waals surface area contributed by atoms with E-state index < -0.39 is 0 Å². The second kappa shape index (κ2) is 10.2. The lowest BCUT2D eigenvalue weighted by Gasteiger charge is -2.53. The zero-order chi connectivity index (χ0) is 26.6. The van der Waals surface area contributed by atoms with E-state index >= 15 is 0 Å². The van der Waals surface area contributed by atoms with Gasteiger partial charge in [0.25, 0.3) is 0 Å². The maximum absolute atomic E-state index is 9.65. The highest BCUT2D eigenvalue weighted by Crippen LogP contribution is 2.45. The lowest BCUT2D eigenvalue weighted by molar-refractivity contribution is -0.0443. The molecule has 1 saturated carbocycles. The summed E-state index contributed by atoms with van der Waals surface area (Å²) in [6, 6.07) is 10.6. The summed E-state index contributed by atoms with van der Waals surface area (Å²) in [7, 11) is 1.98. The van der Waals surface area contributed by atoms with Crippen LogP contribution in [0.1, 0.15) is 51.2 Å². The van der Waals surface area contributed by atoms with Gasteiger partial charge in [-0.25, -0.2) is 0 Å². The minimum Gasteiger partial charge on any atom is -0.485 e. The molecule has 1 aromatic heterocycles. The minimum atomic E-state index is -0.227. The highest BCUT2D eigenvalue weighted by molar-refractivity contribution is 6.35. The maximum Gasteiger partial charge on any atom is 0.133 e. The SMILES string of the molecule is C[C@@H](Oc1cc(N2CC([C@H]3CCCN(C4CC(C)(CO)C4)C3)C2)cc2c1cnn2C)c1ccc(Cl)cc1Cl. The molecular formula is C30H38Cl2N4O2. The summed E-state index contributed by atoms with van der Waals surface area (Å²) < 4.78 is 8.42. The number of hydrogen-bond acceptors (Lipinski definition) is 5. The van der Waals surface area contributed by atoms with Crippen molar-refractivity contribution in [2.24, 2.45) is 24.3 Å². The van der Waals surface area contributed by atoms with Crippen LogP contribution in [0.5, 0.6) is 5.75 Å². The van der Waals surface area contributed by atoms with Gasteiger partial charge in [0.05, 0.1) is 17.1 Å². The maximum atomic E-state index is 9.65. The minimum absolute atomic E-state index is 0.144. The van der Waals surface area contributed by atoms with Gasteiger partial charge in [0.15, 0.2) is 0 Å². The van der Waals surface area contributed by atoms with Crippen molar-refractivity contribution in [2.45, 2.75) is 51.7 Å². The summed E-state index contributed by atoms with van der Waals surface area (Å²) in [5.41, 5.74) is 3.31. The van der Waals surface area contributed by atoms with Gasteiger partial charge in [-0.3, -0.25) is 4.68 Å². The quantitative estimate of drug-likeness (QED) is 0.368. The van der Waals surface area contributed by atoms with Gasteiger partial charge in [-0.2, -0.15) is 5.10 Å². The Morgan fingerprint density at radius 1 is 1.13 bits per heavy atom. The Morgan fingerprint density at radius 2 is 1.92 bits per heavy atom. The van der Waals surface area contributed by atoms with Crippen molar-refractivity contribution >= 4 is 39.8 Å². The fourth-order valence-corrected chi connectivity index (χ4v) is 7.37. The highest BCUT2D eigenvalue weighted by Gasteiger charge is 2.45. The number of aromatic nitrogens is 2. The lowest BCUT2D eigenvalue weighted by atomic mass is 9.66. The Kier molecular flexibility index (Phi) is 7.04. The van der Waals surface area contributed by atoms with Crippen LogP contribution < -0.4 is 9.64 Å². The molecule has 3 heterocycles. The standard InChI is InChI=1S/C30H38Cl2N4O2/c1-19(25-7-6-22(31)9-27(25)32)38-29-11-23(10-28-26(29)14-33-34(28)3)36-16-21(17-36)20-5-4-8-35(15-20)24-12-30(2,13-24)18-37/h6-7,9-11,14,19-21,24,37H,4-5,8,12-13,15-18H2,1-3H3/t19-,20+,24?,30?/m1/s1. The van der Waals surface area contributed by atoms with E-state index in [4.69, 9.17) is 27.9 Å². The molecule has 1 aliphatic carbocycles. The third-order valence-electron chi connectivity index (χ3n) is 9.30. The van der Waals surface area contributed by atoms with Crippen LogP contribution in [0.2, 0.25) is 10.0 Å². The zero-order valence-electron chi connectivity index (χ0n) is 22.5. The van der Waals surface area contributed by atoms with Crippen LogP contribution >= 0.6 is 23.2 Å². The smallest absolute Gasteiger partial charge is 0.133 e. The number of aryl methyl sites for hydroxylation is 1. The van der Waals surface area contributed by atoms with Crippen molar-refractivity contribution in [1.29, 1.82) is 0 Å². The first-order valence-corrected chi connectivity index (χ1v) is 14.7. The topological polar surface area (TPSA) is 53.8 Å². The molecule has 3 fully saturated rings. The fourth-order valence-electron chi connectivity index (χ4n) is 6.81. The normalized spacial score (nSPS) is 27.3. The predicted octanol–water partition coefficient (Wildman–Crippen LogP) is 6.33. The van der Waals surface area contributed by atoms with Crippen LogP contribution in [0, 0.1) is 17.3 Å². The Bertz CT molecular complexity index is 1320. The molecule has 0 bridgehead atoms. The zero-order valence-corrected chi connectivity index (χ0v) is 24.0. The van der Waals surface area contributed by atoms with Gasteiger partial charge >= 0.3 is 0 Å². The molecule has 2 atom stereocenters. The van der Waals surface area contributed by atoms with Gasteiger partial charge in [-0.1, -0.05) is 36.2 Å². The number of anilines is 1. The molecule has 6 nitrogen and oxygen atoms in total. The van der Waals surface area contributed by atoms with E-state index in [0.29, 0.717) is 22.7 Å². The highest BCUT2D eigenvalue weighted by atomic mass is 35.5. The molecule has 2 saturated heterocycles. The molecule has 0 amide bonds. The number of fused-ring (bicyclic) bond motifs is 1. The second-order valence-corrected chi connectivity index (χ2v) is 13.0. The van der Waals surface area contributed by atoms with E-state index in [1.807, 2.05) is 37.0 Å². The van der Waals surface area contributed by atoms with Crippen LogP contribution in [0.25, 0.3) is 10.9 Å². The summed E-state index contributed by atoms with van der Waals surface area (Å²) in [5.74, 6) is 2.30. The van der Waals surface area contributed by atoms with Crippen molar-refractivity contribution in [3.8, 4) is 5.75 Å². The molecule has 2 aliphatic heterocycles. The summed E-state index contributed by atoms with van der Waals surface area (Å²) in [4.78, 5) is 5.19. The average molecular weight is 558 g/mol. The van der Waals surface area contributed by atoms with Gasteiger partial charge < -0.3 is 19.6 Å². The van der Waals surface area contributed by atoms with Gasteiger partial charge in [0, 0.05) is 66.7 Å². The molecule has 0 radical (unpaired) electrons. The number of hydrogen-bond donors (Lipinski definition) is 1. The summed E-state index contributed by atoms with van der Waals surface area (Å²) in [5, 5.41) is 16.4. The second-order valence-electron chi connectivity index (χ2n) is 12.2. The number of nitrogens with zero attached hydrogens (tertiary/aromatic N) is 4. The fraction of sp³-hybridized carbons (Fsp3) is 0.567. The number of benzene rings is 2. The predicted molar refractivity (Wildman–Crippen MR) is 154 cm³/mol. The number of aliphatic hydroxyl groups is 1. The van der Waals surface area contributed by atoms with Crippen molar-refractivity contribution < 1.29 is 9.84 Å². The van der Waals surface area contributed by atoms with E-state index in [0.717, 1.165) is 60.0 Å². The van der Waals surface area contributed by atoms with Crippen molar-refractivity contribution in [3.05, 3.63) is 52.1 Å². The van der Waals surface area contributed by atoms with E-state index in [-0.39, 0.29) is 11.5 Å². The van der Waals surface area contributed by atoms with Crippen LogP contribution in [0.15, 0.2) is 36.5 Å². The largest absolute Gasteiger partial charge is 0.485 e. The molecule has 2 aromatic carbocycles. The number of likely N-dealkylation sites (tertiary alicyclic amines) is 1. The molecule has 1 N–H and O–H groups in total. The first-order chi connectivity index (χ1) is 18.2. The summed E-state index contributed by atoms with van der Waals surface area (Å²) >= 11 is 12.6. The van der Waals surface area contributed by atoms with Gasteiger partial charge in [-0.15, -0.1) is 0 Å². The monoisotopic (exact) mass is 556 g/mol. The summed E-state index contributed by atoms with van der Waals surface area (Å²) in [6.07, 6.45) is 6.54.